The number of thioether (sulfide) groups is 1. The maximum Gasteiger partial charge on any atom is 0.416 e. The first-order chi connectivity index (χ1) is 14.0. The molecule has 0 spiro atoms. The lowest BCUT2D eigenvalue weighted by atomic mass is 10.0. The lowest BCUT2D eigenvalue weighted by Gasteiger charge is -2.22. The molecule has 1 aliphatic carbocycles. The largest absolute Gasteiger partial charge is 0.416 e. The fourth-order valence-electron chi connectivity index (χ4n) is 3.27. The molecule has 1 amide bonds. The highest BCUT2D eigenvalue weighted by atomic mass is 32.2. The molecule has 1 aliphatic rings. The van der Waals surface area contributed by atoms with E-state index in [4.69, 9.17) is 0 Å². The monoisotopic (exact) mass is 448 g/mol. The second-order valence-corrected chi connectivity index (χ2v) is 8.38. The van der Waals surface area contributed by atoms with Gasteiger partial charge in [0.25, 0.3) is 0 Å². The maximum atomic E-state index is 13.3. The van der Waals surface area contributed by atoms with E-state index in [0.717, 1.165) is 37.4 Å². The Morgan fingerprint density at radius 1 is 1.00 bits per heavy atom. The Balaban J connectivity index is 2.01. The molecule has 1 heterocycles. The van der Waals surface area contributed by atoms with Crippen LogP contribution in [0, 0.1) is 0 Å². The van der Waals surface area contributed by atoms with E-state index < -0.39 is 34.6 Å². The fraction of sp³-hybridized carbons (Fsp3) is 0.400. The third-order valence-corrected chi connectivity index (χ3v) is 6.31. The molecule has 10 heteroatoms. The lowest BCUT2D eigenvalue weighted by Crippen LogP contribution is -2.22. The minimum absolute atomic E-state index is 0.0200. The average Bonchev–Trinajstić information content (AvgIpc) is 3.18. The van der Waals surface area contributed by atoms with Gasteiger partial charge >= 0.3 is 12.4 Å². The lowest BCUT2D eigenvalue weighted by molar-refractivity contribution is -0.143. The zero-order chi connectivity index (χ0) is 21.9. The number of alkyl halides is 6. The molecule has 0 aliphatic heterocycles. The summed E-state index contributed by atoms with van der Waals surface area (Å²) in [5, 5.41) is 1.24. The van der Waals surface area contributed by atoms with E-state index in [1.54, 1.807) is 12.1 Å². The highest BCUT2D eigenvalue weighted by Crippen LogP contribution is 2.43. The molecule has 1 atom stereocenters. The van der Waals surface area contributed by atoms with Gasteiger partial charge in [-0.05, 0) is 48.7 Å². The number of carbonyl (C=O) groups excluding carboxylic acids is 1. The van der Waals surface area contributed by atoms with E-state index in [-0.39, 0.29) is 22.7 Å². The van der Waals surface area contributed by atoms with Crippen LogP contribution in [0.4, 0.5) is 32.2 Å². The number of benzene rings is 1. The summed E-state index contributed by atoms with van der Waals surface area (Å²) in [6, 6.07) is 6.02. The molecule has 1 saturated carbocycles. The first-order valence-corrected chi connectivity index (χ1v) is 10.1. The fourth-order valence-corrected chi connectivity index (χ4v) is 4.73. The summed E-state index contributed by atoms with van der Waals surface area (Å²) in [5.74, 6) is -0.541. The minimum Gasteiger partial charge on any atom is -0.309 e. The van der Waals surface area contributed by atoms with Crippen molar-refractivity contribution in [3.63, 3.8) is 0 Å². The van der Waals surface area contributed by atoms with E-state index >= 15 is 0 Å². The first-order valence-electron chi connectivity index (χ1n) is 9.21. The van der Waals surface area contributed by atoms with Gasteiger partial charge in [0.15, 0.2) is 0 Å². The summed E-state index contributed by atoms with van der Waals surface area (Å²) in [4.78, 5) is 16.8. The Labute approximate surface area is 173 Å². The molecule has 1 aromatic heterocycles. The van der Waals surface area contributed by atoms with Crippen molar-refractivity contribution in [3.05, 3.63) is 59.3 Å². The molecular formula is C20H18F6N2OS. The van der Waals surface area contributed by atoms with Gasteiger partial charge in [-0.15, -0.1) is 11.8 Å². The van der Waals surface area contributed by atoms with E-state index in [2.05, 4.69) is 10.3 Å². The van der Waals surface area contributed by atoms with Gasteiger partial charge in [0, 0.05) is 11.4 Å². The normalized spacial score (nSPS) is 16.5. The van der Waals surface area contributed by atoms with E-state index in [1.807, 2.05) is 0 Å². The highest BCUT2D eigenvalue weighted by Gasteiger charge is 2.39. The van der Waals surface area contributed by atoms with Crippen LogP contribution in [0.3, 0.4) is 0 Å². The summed E-state index contributed by atoms with van der Waals surface area (Å²) in [6.07, 6.45) is -5.22. The predicted octanol–water partition coefficient (Wildman–Crippen LogP) is 6.47. The topological polar surface area (TPSA) is 42.0 Å². The van der Waals surface area contributed by atoms with Crippen molar-refractivity contribution in [1.29, 1.82) is 0 Å². The minimum atomic E-state index is -4.98. The van der Waals surface area contributed by atoms with Crippen LogP contribution < -0.4 is 5.32 Å². The molecule has 0 bridgehead atoms. The number of amides is 1. The first kappa shape index (κ1) is 22.5. The maximum absolute atomic E-state index is 13.3. The summed E-state index contributed by atoms with van der Waals surface area (Å²) in [7, 11) is 0. The van der Waals surface area contributed by atoms with Crippen molar-refractivity contribution >= 4 is 23.5 Å². The van der Waals surface area contributed by atoms with Gasteiger partial charge in [-0.3, -0.25) is 4.79 Å². The number of anilines is 1. The van der Waals surface area contributed by atoms with Crippen LogP contribution in [-0.2, 0) is 17.1 Å². The van der Waals surface area contributed by atoms with Crippen LogP contribution in [0.25, 0.3) is 0 Å². The summed E-state index contributed by atoms with van der Waals surface area (Å²) in [6.45, 7) is 0. The molecule has 1 N–H and O–H groups in total. The summed E-state index contributed by atoms with van der Waals surface area (Å²) in [5.41, 5.74) is -3.20. The summed E-state index contributed by atoms with van der Waals surface area (Å²) < 4.78 is 79.6. The van der Waals surface area contributed by atoms with Crippen molar-refractivity contribution in [3.8, 4) is 0 Å². The quantitative estimate of drug-likeness (QED) is 0.533. The van der Waals surface area contributed by atoms with E-state index in [9.17, 15) is 31.1 Å². The molecule has 1 unspecified atom stereocenters. The van der Waals surface area contributed by atoms with Crippen LogP contribution in [-0.4, -0.2) is 16.1 Å². The van der Waals surface area contributed by atoms with Crippen molar-refractivity contribution in [1.82, 2.24) is 4.98 Å². The number of aromatic nitrogens is 1. The van der Waals surface area contributed by atoms with Gasteiger partial charge in [0.05, 0.1) is 11.1 Å². The molecule has 1 fully saturated rings. The Morgan fingerprint density at radius 2 is 1.60 bits per heavy atom. The highest BCUT2D eigenvalue weighted by molar-refractivity contribution is 8.00. The van der Waals surface area contributed by atoms with Crippen LogP contribution in [0.5, 0.6) is 0 Å². The Bertz CT molecular complexity index is 847. The SMILES string of the molecule is O=C(Nc1ccccn1)C(SC1CCCC1)c1cc(C(F)(F)F)cc(C(F)(F)F)c1. The van der Waals surface area contributed by atoms with Crippen LogP contribution in [0.15, 0.2) is 42.6 Å². The molecule has 3 rings (SSSR count). The van der Waals surface area contributed by atoms with Crippen molar-refractivity contribution in [2.45, 2.75) is 48.5 Å². The molecule has 3 nitrogen and oxygen atoms in total. The Hall–Kier alpha value is -2.23. The molecule has 0 radical (unpaired) electrons. The third-order valence-electron chi connectivity index (χ3n) is 4.70. The zero-order valence-corrected chi connectivity index (χ0v) is 16.4. The molecule has 2 aromatic rings. The molecule has 0 saturated heterocycles. The molecular weight excluding hydrogens is 430 g/mol. The number of pyridine rings is 1. The smallest absolute Gasteiger partial charge is 0.309 e. The number of nitrogens with zero attached hydrogens (tertiary/aromatic N) is 1. The summed E-state index contributed by atoms with van der Waals surface area (Å²) >= 11 is 1.10. The van der Waals surface area contributed by atoms with Crippen molar-refractivity contribution in [2.75, 3.05) is 5.32 Å². The number of halogens is 6. The number of carbonyl (C=O) groups is 1. The van der Waals surface area contributed by atoms with Crippen LogP contribution in [0.2, 0.25) is 0 Å². The van der Waals surface area contributed by atoms with Gasteiger partial charge in [-0.25, -0.2) is 4.98 Å². The Morgan fingerprint density at radius 3 is 2.10 bits per heavy atom. The Kier molecular flexibility index (Phi) is 6.64. The standard InChI is InChI=1S/C20H18F6N2OS/c21-19(22,23)13-9-12(10-14(11-13)20(24,25)26)17(30-15-5-1-2-6-15)18(29)28-16-7-3-4-8-27-16/h3-4,7-11,15,17H,1-2,5-6H2,(H,27,28,29). The molecule has 1 aromatic carbocycles. The third kappa shape index (κ3) is 5.68. The molecule has 30 heavy (non-hydrogen) atoms. The average molecular weight is 448 g/mol. The zero-order valence-electron chi connectivity index (χ0n) is 15.6. The van der Waals surface area contributed by atoms with Crippen molar-refractivity contribution in [2.24, 2.45) is 0 Å². The number of rotatable bonds is 5. The second-order valence-electron chi connectivity index (χ2n) is 6.97. The number of hydrogen-bond acceptors (Lipinski definition) is 3. The second kappa shape index (κ2) is 8.87. The van der Waals surface area contributed by atoms with E-state index in [0.29, 0.717) is 12.1 Å². The van der Waals surface area contributed by atoms with Gasteiger partial charge < -0.3 is 5.32 Å². The van der Waals surface area contributed by atoms with Gasteiger partial charge in [0.1, 0.15) is 11.1 Å². The van der Waals surface area contributed by atoms with Gasteiger partial charge in [-0.1, -0.05) is 18.9 Å². The van der Waals surface area contributed by atoms with Crippen molar-refractivity contribution < 1.29 is 31.1 Å². The van der Waals surface area contributed by atoms with Crippen LogP contribution in [0.1, 0.15) is 47.6 Å². The van der Waals surface area contributed by atoms with Gasteiger partial charge in [0.2, 0.25) is 5.91 Å². The molecule has 162 valence electrons. The van der Waals surface area contributed by atoms with E-state index in [1.165, 1.54) is 12.3 Å². The van der Waals surface area contributed by atoms with Gasteiger partial charge in [-0.2, -0.15) is 26.3 Å². The number of nitrogens with one attached hydrogen (secondary N) is 1. The predicted molar refractivity (Wildman–Crippen MR) is 102 cm³/mol. The van der Waals surface area contributed by atoms with Crippen LogP contribution >= 0.6 is 11.8 Å². The number of hydrogen-bond donors (Lipinski definition) is 1.